The molecule has 2 aliphatic rings. The monoisotopic (exact) mass is 383 g/mol. The van der Waals surface area contributed by atoms with Crippen LogP contribution in [0.15, 0.2) is 22.8 Å². The number of rotatable bonds is 5. The summed E-state index contributed by atoms with van der Waals surface area (Å²) in [6, 6.07) is 3.58. The highest BCUT2D eigenvalue weighted by Crippen LogP contribution is 2.27. The van der Waals surface area contributed by atoms with Crippen molar-refractivity contribution >= 4 is 16.1 Å². The van der Waals surface area contributed by atoms with Gasteiger partial charge >= 0.3 is 0 Å². The van der Waals surface area contributed by atoms with Crippen molar-refractivity contribution in [2.45, 2.75) is 39.7 Å². The second kappa shape index (κ2) is 8.10. The molecule has 8 heteroatoms. The molecule has 0 aliphatic carbocycles. The first-order valence-electron chi connectivity index (χ1n) is 9.41. The highest BCUT2D eigenvalue weighted by molar-refractivity contribution is 7.86. The van der Waals surface area contributed by atoms with Crippen molar-refractivity contribution in [1.82, 2.24) is 13.9 Å². The minimum atomic E-state index is -3.51. The van der Waals surface area contributed by atoms with Crippen molar-refractivity contribution in [1.29, 1.82) is 0 Å². The SMILES string of the molecule is C[C@@H]1C[C@H](C)CN(S(=O)(=O)N2CCC[C@H](C(=O)NCc3ccco3)C2)C1. The Hall–Kier alpha value is -1.38. The Bertz CT molecular complexity index is 694. The standard InChI is InChI=1S/C18H29N3O4S/c1-14-9-15(2)12-21(11-14)26(23,24)20-7-3-5-16(13-20)18(22)19-10-17-6-4-8-25-17/h4,6,8,14-16H,3,5,7,9-13H2,1-2H3,(H,19,22)/t14-,15+,16-/m0/s1. The van der Waals surface area contributed by atoms with Crippen LogP contribution in [0.5, 0.6) is 0 Å². The van der Waals surface area contributed by atoms with Gasteiger partial charge < -0.3 is 9.73 Å². The summed E-state index contributed by atoms with van der Waals surface area (Å²) in [6.07, 6.45) is 4.04. The van der Waals surface area contributed by atoms with Crippen molar-refractivity contribution in [3.63, 3.8) is 0 Å². The smallest absolute Gasteiger partial charge is 0.282 e. The molecule has 0 saturated carbocycles. The molecule has 7 nitrogen and oxygen atoms in total. The quantitative estimate of drug-likeness (QED) is 0.841. The summed E-state index contributed by atoms with van der Waals surface area (Å²) in [5.41, 5.74) is 0. The fourth-order valence-electron chi connectivity index (χ4n) is 4.06. The summed E-state index contributed by atoms with van der Waals surface area (Å²) in [5.74, 6) is 1.00. The molecule has 2 fully saturated rings. The van der Waals surface area contributed by atoms with E-state index in [1.54, 1.807) is 22.7 Å². The number of amides is 1. The van der Waals surface area contributed by atoms with E-state index in [0.29, 0.717) is 56.6 Å². The first-order chi connectivity index (χ1) is 12.4. The van der Waals surface area contributed by atoms with Gasteiger partial charge in [0.25, 0.3) is 10.2 Å². The van der Waals surface area contributed by atoms with Gasteiger partial charge in [0.05, 0.1) is 18.7 Å². The summed E-state index contributed by atoms with van der Waals surface area (Å²) < 4.78 is 34.4. The molecule has 2 saturated heterocycles. The van der Waals surface area contributed by atoms with E-state index >= 15 is 0 Å². The molecule has 1 aromatic heterocycles. The van der Waals surface area contributed by atoms with Crippen LogP contribution in [-0.2, 0) is 21.5 Å². The first-order valence-corrected chi connectivity index (χ1v) is 10.8. The summed E-state index contributed by atoms with van der Waals surface area (Å²) in [6.45, 7) is 6.40. The molecule has 1 aromatic rings. The van der Waals surface area contributed by atoms with Crippen LogP contribution in [0, 0.1) is 17.8 Å². The van der Waals surface area contributed by atoms with Crippen molar-refractivity contribution < 1.29 is 17.6 Å². The van der Waals surface area contributed by atoms with E-state index in [-0.39, 0.29) is 18.4 Å². The fraction of sp³-hybridized carbons (Fsp3) is 0.722. The highest BCUT2D eigenvalue weighted by atomic mass is 32.2. The van der Waals surface area contributed by atoms with Gasteiger partial charge in [-0.15, -0.1) is 0 Å². The molecule has 2 aliphatic heterocycles. The van der Waals surface area contributed by atoms with Crippen LogP contribution in [0.4, 0.5) is 0 Å². The number of furan rings is 1. The minimum absolute atomic E-state index is 0.110. The van der Waals surface area contributed by atoms with Crippen molar-refractivity contribution in [2.75, 3.05) is 26.2 Å². The number of piperidine rings is 2. The Balaban J connectivity index is 1.60. The van der Waals surface area contributed by atoms with Crippen LogP contribution >= 0.6 is 0 Å². The van der Waals surface area contributed by atoms with Crippen molar-refractivity contribution in [2.24, 2.45) is 17.8 Å². The molecular formula is C18H29N3O4S. The lowest BCUT2D eigenvalue weighted by atomic mass is 9.94. The predicted octanol–water partition coefficient (Wildman–Crippen LogP) is 1.83. The number of carbonyl (C=O) groups excluding carboxylic acids is 1. The average Bonchev–Trinajstić information content (AvgIpc) is 3.12. The van der Waals surface area contributed by atoms with Gasteiger partial charge in [-0.2, -0.15) is 17.0 Å². The lowest BCUT2D eigenvalue weighted by Gasteiger charge is -2.39. The second-order valence-corrected chi connectivity index (χ2v) is 9.69. The Labute approximate surface area is 155 Å². The van der Waals surface area contributed by atoms with E-state index in [0.717, 1.165) is 6.42 Å². The molecule has 0 spiro atoms. The molecular weight excluding hydrogens is 354 g/mol. The van der Waals surface area contributed by atoms with E-state index in [1.807, 2.05) is 0 Å². The van der Waals surface area contributed by atoms with Crippen LogP contribution in [0.3, 0.4) is 0 Å². The number of hydrogen-bond donors (Lipinski definition) is 1. The zero-order valence-corrected chi connectivity index (χ0v) is 16.4. The number of hydrogen-bond acceptors (Lipinski definition) is 4. The van der Waals surface area contributed by atoms with Crippen LogP contribution in [-0.4, -0.2) is 49.1 Å². The molecule has 1 N–H and O–H groups in total. The van der Waals surface area contributed by atoms with E-state index in [1.165, 1.54) is 4.31 Å². The second-order valence-electron chi connectivity index (χ2n) is 7.77. The van der Waals surface area contributed by atoms with Crippen molar-refractivity contribution in [3.8, 4) is 0 Å². The molecule has 0 radical (unpaired) electrons. The van der Waals surface area contributed by atoms with Crippen LogP contribution < -0.4 is 5.32 Å². The molecule has 3 rings (SSSR count). The van der Waals surface area contributed by atoms with Gasteiger partial charge in [-0.25, -0.2) is 0 Å². The summed E-state index contributed by atoms with van der Waals surface area (Å²) in [7, 11) is -3.51. The molecule has 3 heterocycles. The third-order valence-electron chi connectivity index (χ3n) is 5.26. The topological polar surface area (TPSA) is 82.9 Å². The normalized spacial score (nSPS) is 28.8. The Kier molecular flexibility index (Phi) is 6.04. The maximum atomic E-state index is 13.0. The van der Waals surface area contributed by atoms with Gasteiger partial charge in [0, 0.05) is 26.2 Å². The van der Waals surface area contributed by atoms with Gasteiger partial charge in [-0.3, -0.25) is 4.79 Å². The maximum Gasteiger partial charge on any atom is 0.282 e. The van der Waals surface area contributed by atoms with Gasteiger partial charge in [0.2, 0.25) is 5.91 Å². The zero-order valence-electron chi connectivity index (χ0n) is 15.6. The van der Waals surface area contributed by atoms with Crippen LogP contribution in [0.2, 0.25) is 0 Å². The fourth-order valence-corrected chi connectivity index (χ4v) is 6.00. The lowest BCUT2D eigenvalue weighted by molar-refractivity contribution is -0.126. The summed E-state index contributed by atoms with van der Waals surface area (Å²) >= 11 is 0. The van der Waals surface area contributed by atoms with E-state index < -0.39 is 10.2 Å². The molecule has 3 atom stereocenters. The van der Waals surface area contributed by atoms with Crippen molar-refractivity contribution in [3.05, 3.63) is 24.2 Å². The molecule has 0 bridgehead atoms. The highest BCUT2D eigenvalue weighted by Gasteiger charge is 2.38. The minimum Gasteiger partial charge on any atom is -0.467 e. The Morgan fingerprint density at radius 2 is 1.96 bits per heavy atom. The largest absolute Gasteiger partial charge is 0.467 e. The van der Waals surface area contributed by atoms with Crippen LogP contribution in [0.1, 0.15) is 38.9 Å². The average molecular weight is 384 g/mol. The first kappa shape index (κ1) is 19.4. The lowest BCUT2D eigenvalue weighted by Crippen LogP contribution is -2.53. The Morgan fingerprint density at radius 3 is 2.62 bits per heavy atom. The third kappa shape index (κ3) is 4.47. The number of carbonyl (C=O) groups is 1. The third-order valence-corrected chi connectivity index (χ3v) is 7.19. The van der Waals surface area contributed by atoms with E-state index in [4.69, 9.17) is 4.42 Å². The van der Waals surface area contributed by atoms with E-state index in [9.17, 15) is 13.2 Å². The molecule has 0 aromatic carbocycles. The van der Waals surface area contributed by atoms with Gasteiger partial charge in [-0.1, -0.05) is 13.8 Å². The molecule has 0 unspecified atom stereocenters. The Morgan fingerprint density at radius 1 is 1.23 bits per heavy atom. The van der Waals surface area contributed by atoms with Gasteiger partial charge in [0.1, 0.15) is 5.76 Å². The van der Waals surface area contributed by atoms with Gasteiger partial charge in [-0.05, 0) is 43.2 Å². The van der Waals surface area contributed by atoms with E-state index in [2.05, 4.69) is 19.2 Å². The zero-order chi connectivity index (χ0) is 18.7. The summed E-state index contributed by atoms with van der Waals surface area (Å²) in [4.78, 5) is 12.5. The molecule has 26 heavy (non-hydrogen) atoms. The summed E-state index contributed by atoms with van der Waals surface area (Å²) in [5, 5.41) is 2.85. The molecule has 1 amide bonds. The number of nitrogens with zero attached hydrogens (tertiary/aromatic N) is 2. The predicted molar refractivity (Wildman–Crippen MR) is 98.3 cm³/mol. The number of nitrogens with one attached hydrogen (secondary N) is 1. The molecule has 146 valence electrons. The van der Waals surface area contributed by atoms with Crippen LogP contribution in [0.25, 0.3) is 0 Å². The maximum absolute atomic E-state index is 13.0. The van der Waals surface area contributed by atoms with Gasteiger partial charge in [0.15, 0.2) is 0 Å².